The topological polar surface area (TPSA) is 113 Å². The van der Waals surface area contributed by atoms with Crippen molar-refractivity contribution in [2.45, 2.75) is 25.7 Å². The molecule has 0 fully saturated rings. The molecule has 48 heavy (non-hydrogen) atoms. The smallest absolute Gasteiger partial charge is 0.331 e. The number of aryl methyl sites for hydroxylation is 1. The number of halogens is 3. The normalized spacial score (nSPS) is 13.2. The molecule has 252 valence electrons. The zero-order valence-electron chi connectivity index (χ0n) is 26.6. The van der Waals surface area contributed by atoms with E-state index in [1.54, 1.807) is 55.8 Å². The maximum absolute atomic E-state index is 15.4. The van der Waals surface area contributed by atoms with E-state index in [1.165, 1.54) is 28.9 Å². The number of carboxylic acids is 1. The summed E-state index contributed by atoms with van der Waals surface area (Å²) in [5, 5.41) is 24.0. The SMILES string of the molecule is C/C(=C\c1cccc(C(C)(CCSCCSCCO)c2nc(-c3cc(Oc4c(F)cc5[nH]ccc5c4Br)ccc3F)n(C)n2)c1)C(=O)O. The average Bonchev–Trinajstić information content (AvgIpc) is 3.70. The second kappa shape index (κ2) is 15.7. The van der Waals surface area contributed by atoms with Gasteiger partial charge in [-0.15, -0.1) is 0 Å². The van der Waals surface area contributed by atoms with Crippen LogP contribution in [0.4, 0.5) is 8.78 Å². The van der Waals surface area contributed by atoms with Crippen molar-refractivity contribution in [3.05, 3.63) is 99.4 Å². The molecule has 0 spiro atoms. The highest BCUT2D eigenvalue weighted by Crippen LogP contribution is 2.40. The minimum atomic E-state index is -0.997. The van der Waals surface area contributed by atoms with Gasteiger partial charge in [-0.3, -0.25) is 0 Å². The second-order valence-electron chi connectivity index (χ2n) is 11.4. The summed E-state index contributed by atoms with van der Waals surface area (Å²) in [6, 6.07) is 14.9. The van der Waals surface area contributed by atoms with Gasteiger partial charge in [0.1, 0.15) is 11.6 Å². The monoisotopic (exact) mass is 756 g/mol. The van der Waals surface area contributed by atoms with Crippen molar-refractivity contribution in [1.82, 2.24) is 19.7 Å². The second-order valence-corrected chi connectivity index (χ2v) is 14.6. The minimum absolute atomic E-state index is 0.0229. The number of ether oxygens (including phenoxy) is 1. The van der Waals surface area contributed by atoms with Gasteiger partial charge in [0, 0.05) is 53.0 Å². The average molecular weight is 758 g/mol. The molecule has 0 radical (unpaired) electrons. The number of aromatic nitrogens is 4. The number of H-pyrrole nitrogens is 1. The van der Waals surface area contributed by atoms with Crippen molar-refractivity contribution in [2.24, 2.45) is 7.05 Å². The first-order valence-corrected chi connectivity index (χ1v) is 18.2. The summed E-state index contributed by atoms with van der Waals surface area (Å²) in [5.74, 6) is 2.13. The number of aliphatic hydroxyl groups is 1. The number of carbonyl (C=O) groups is 1. The van der Waals surface area contributed by atoms with Crippen LogP contribution >= 0.6 is 39.5 Å². The molecule has 0 aliphatic rings. The first-order chi connectivity index (χ1) is 23.0. The van der Waals surface area contributed by atoms with Crippen LogP contribution in [0.25, 0.3) is 28.4 Å². The molecular formula is C35H35BrF2N4O4S2. The number of nitrogens with one attached hydrogen (secondary N) is 1. The Labute approximate surface area is 294 Å². The summed E-state index contributed by atoms with van der Waals surface area (Å²) in [4.78, 5) is 19.4. The van der Waals surface area contributed by atoms with Crippen LogP contribution in [0.15, 0.2) is 70.8 Å². The molecule has 8 nitrogen and oxygen atoms in total. The molecular weight excluding hydrogens is 722 g/mol. The van der Waals surface area contributed by atoms with Gasteiger partial charge in [0.15, 0.2) is 23.2 Å². The molecule has 2 aromatic heterocycles. The van der Waals surface area contributed by atoms with Gasteiger partial charge in [-0.2, -0.15) is 28.6 Å². The van der Waals surface area contributed by atoms with E-state index in [-0.39, 0.29) is 35.1 Å². The lowest BCUT2D eigenvalue weighted by Gasteiger charge is -2.27. The molecule has 3 N–H and O–H groups in total. The number of thioether (sulfide) groups is 2. The molecule has 2 heterocycles. The van der Waals surface area contributed by atoms with E-state index in [9.17, 15) is 9.90 Å². The molecule has 5 rings (SSSR count). The molecule has 0 aliphatic carbocycles. The van der Waals surface area contributed by atoms with Crippen LogP contribution in [0.1, 0.15) is 37.2 Å². The number of benzene rings is 3. The number of hydrogen-bond acceptors (Lipinski definition) is 7. The van der Waals surface area contributed by atoms with E-state index < -0.39 is 23.0 Å². The Hall–Kier alpha value is -3.65. The number of aromatic amines is 1. The molecule has 3 aromatic carbocycles. The van der Waals surface area contributed by atoms with Crippen LogP contribution in [0.3, 0.4) is 0 Å². The fraction of sp³-hybridized carbons (Fsp3) is 0.286. The summed E-state index contributed by atoms with van der Waals surface area (Å²) < 4.78 is 38.4. The van der Waals surface area contributed by atoms with Crippen molar-refractivity contribution >= 4 is 62.4 Å². The standard InChI is InChI=1S/C35H35BrF2N4O4S2/c1-21(33(44)45)17-22-5-4-6-23(18-22)35(2,10-13-47-15-16-48-14-12-43)34-40-32(42(3)41-34)26-19-24(7-8-27(26)37)46-31-28(38)20-29-25(30(31)36)9-11-39-29/h4-9,11,17-20,39,43H,10,12-16H2,1-3H3,(H,44,45)/b21-17+. The number of fused-ring (bicyclic) bond motifs is 1. The number of aliphatic carboxylic acids is 1. The fourth-order valence-electron chi connectivity index (χ4n) is 5.25. The van der Waals surface area contributed by atoms with E-state index in [2.05, 4.69) is 20.9 Å². The first kappa shape index (κ1) is 35.7. The third kappa shape index (κ3) is 7.96. The van der Waals surface area contributed by atoms with Crippen molar-refractivity contribution in [1.29, 1.82) is 0 Å². The number of aliphatic hydroxyl groups excluding tert-OH is 1. The Morgan fingerprint density at radius 2 is 1.85 bits per heavy atom. The molecule has 0 amide bonds. The van der Waals surface area contributed by atoms with Crippen LogP contribution in [0.2, 0.25) is 0 Å². The lowest BCUT2D eigenvalue weighted by molar-refractivity contribution is -0.132. The van der Waals surface area contributed by atoms with Gasteiger partial charge >= 0.3 is 5.97 Å². The van der Waals surface area contributed by atoms with Gasteiger partial charge in [-0.25, -0.2) is 23.2 Å². The van der Waals surface area contributed by atoms with Crippen LogP contribution in [0.5, 0.6) is 11.5 Å². The van der Waals surface area contributed by atoms with E-state index in [0.717, 1.165) is 33.8 Å². The van der Waals surface area contributed by atoms with Crippen molar-refractivity contribution < 1.29 is 28.5 Å². The number of hydrogen-bond donors (Lipinski definition) is 3. The van der Waals surface area contributed by atoms with Gasteiger partial charge in [0.25, 0.3) is 0 Å². The highest BCUT2D eigenvalue weighted by Gasteiger charge is 2.34. The lowest BCUT2D eigenvalue weighted by atomic mass is 9.78. The van der Waals surface area contributed by atoms with Gasteiger partial charge in [0.05, 0.1) is 22.1 Å². The maximum atomic E-state index is 15.4. The Morgan fingerprint density at radius 1 is 1.08 bits per heavy atom. The molecule has 5 aromatic rings. The predicted octanol–water partition coefficient (Wildman–Crippen LogP) is 8.44. The highest BCUT2D eigenvalue weighted by atomic mass is 79.9. The lowest BCUT2D eigenvalue weighted by Crippen LogP contribution is -2.27. The van der Waals surface area contributed by atoms with Crippen LogP contribution in [0, 0.1) is 11.6 Å². The van der Waals surface area contributed by atoms with Crippen molar-refractivity contribution in [3.63, 3.8) is 0 Å². The number of rotatable bonds is 15. The summed E-state index contributed by atoms with van der Waals surface area (Å²) in [6.07, 6.45) is 3.97. The third-order valence-electron chi connectivity index (χ3n) is 7.96. The van der Waals surface area contributed by atoms with E-state index in [4.69, 9.17) is 19.9 Å². The molecule has 13 heteroatoms. The molecule has 0 aliphatic heterocycles. The third-order valence-corrected chi connectivity index (χ3v) is 11.0. The van der Waals surface area contributed by atoms with E-state index >= 15 is 8.78 Å². The Kier molecular flexibility index (Phi) is 11.7. The summed E-state index contributed by atoms with van der Waals surface area (Å²) in [7, 11) is 1.69. The summed E-state index contributed by atoms with van der Waals surface area (Å²) in [6.45, 7) is 3.73. The first-order valence-electron chi connectivity index (χ1n) is 15.1. The van der Waals surface area contributed by atoms with Crippen molar-refractivity contribution in [3.8, 4) is 22.9 Å². The molecule has 1 atom stereocenters. The molecule has 0 bridgehead atoms. The summed E-state index contributed by atoms with van der Waals surface area (Å²) in [5.41, 5.74) is 1.86. The van der Waals surface area contributed by atoms with Crippen LogP contribution in [-0.4, -0.2) is 65.5 Å². The zero-order chi connectivity index (χ0) is 34.4. The Balaban J connectivity index is 1.49. The largest absolute Gasteiger partial charge is 0.478 e. The van der Waals surface area contributed by atoms with Crippen LogP contribution in [-0.2, 0) is 17.3 Å². The van der Waals surface area contributed by atoms with Gasteiger partial charge in [0.2, 0.25) is 0 Å². The number of carboxylic acid groups (broad SMARTS) is 1. The van der Waals surface area contributed by atoms with Gasteiger partial charge in [-0.05, 0) is 83.4 Å². The molecule has 0 saturated heterocycles. The Bertz CT molecular complexity index is 1960. The maximum Gasteiger partial charge on any atom is 0.331 e. The Morgan fingerprint density at radius 3 is 2.60 bits per heavy atom. The minimum Gasteiger partial charge on any atom is -0.478 e. The van der Waals surface area contributed by atoms with E-state index in [1.807, 2.05) is 31.2 Å². The van der Waals surface area contributed by atoms with Crippen molar-refractivity contribution in [2.75, 3.05) is 29.6 Å². The van der Waals surface area contributed by atoms with E-state index in [0.29, 0.717) is 28.0 Å². The van der Waals surface area contributed by atoms with Gasteiger partial charge in [-0.1, -0.05) is 24.3 Å². The quantitative estimate of drug-likeness (QED) is 0.0721. The van der Waals surface area contributed by atoms with Gasteiger partial charge < -0.3 is 19.9 Å². The highest BCUT2D eigenvalue weighted by molar-refractivity contribution is 9.10. The molecule has 0 saturated carbocycles. The summed E-state index contributed by atoms with van der Waals surface area (Å²) >= 11 is 6.93. The predicted molar refractivity (Wildman–Crippen MR) is 193 cm³/mol. The molecule has 1 unspecified atom stereocenters. The fourth-order valence-corrected chi connectivity index (χ4v) is 7.90. The van der Waals surface area contributed by atoms with Crippen LogP contribution < -0.4 is 4.74 Å². The number of nitrogens with zero attached hydrogens (tertiary/aromatic N) is 3. The zero-order valence-corrected chi connectivity index (χ0v) is 29.8.